The van der Waals surface area contributed by atoms with Crippen LogP contribution in [0, 0.1) is 0 Å². The van der Waals surface area contributed by atoms with E-state index in [0.29, 0.717) is 37.6 Å². The lowest BCUT2D eigenvalue weighted by Gasteiger charge is -2.41. The molecule has 1 saturated heterocycles. The first-order valence-corrected chi connectivity index (χ1v) is 9.83. The van der Waals surface area contributed by atoms with Gasteiger partial charge in [-0.2, -0.15) is 0 Å². The summed E-state index contributed by atoms with van der Waals surface area (Å²) in [5, 5.41) is 6.79. The van der Waals surface area contributed by atoms with Gasteiger partial charge in [-0.05, 0) is 40.8 Å². The first-order valence-electron chi connectivity index (χ1n) is 9.45. The van der Waals surface area contributed by atoms with Crippen LogP contribution in [0.3, 0.4) is 0 Å². The summed E-state index contributed by atoms with van der Waals surface area (Å²) in [4.78, 5) is 27.3. The minimum Gasteiger partial charge on any atom is -0.350 e. The van der Waals surface area contributed by atoms with Crippen LogP contribution in [0.4, 0.5) is 0 Å². The van der Waals surface area contributed by atoms with Gasteiger partial charge in [0.05, 0.1) is 0 Å². The Hall–Kier alpha value is -2.41. The van der Waals surface area contributed by atoms with Gasteiger partial charge in [0.1, 0.15) is 12.1 Å². The molecular weight excluding hydrogens is 376 g/mol. The molecule has 0 bridgehead atoms. The highest BCUT2D eigenvalue weighted by atomic mass is 35.5. The maximum absolute atomic E-state index is 13.0. The monoisotopic (exact) mass is 398 g/mol. The topological polar surface area (TPSA) is 87.5 Å². The van der Waals surface area contributed by atoms with E-state index in [0.717, 1.165) is 22.3 Å². The fraction of sp³-hybridized carbons (Fsp3) is 0.333. The van der Waals surface area contributed by atoms with Crippen LogP contribution in [-0.2, 0) is 29.2 Å². The minimum absolute atomic E-state index is 0.0400. The van der Waals surface area contributed by atoms with Crippen LogP contribution >= 0.6 is 11.6 Å². The van der Waals surface area contributed by atoms with Crippen molar-refractivity contribution in [1.29, 1.82) is 0 Å². The van der Waals surface area contributed by atoms with Crippen molar-refractivity contribution in [3.63, 3.8) is 0 Å². The molecule has 2 aromatic carbocycles. The highest BCUT2D eigenvalue weighted by Gasteiger charge is 2.41. The van der Waals surface area contributed by atoms with E-state index in [1.807, 2.05) is 36.4 Å². The molecule has 6 nitrogen and oxygen atoms in total. The number of carbonyl (C=O) groups excluding carboxylic acids is 2. The van der Waals surface area contributed by atoms with Gasteiger partial charge in [-0.1, -0.05) is 41.9 Å². The SMILES string of the molecule is NCc1ccc(Cl)cc1CNC(=O)[C@@H]1CCN1C(=O)C1NCc2ccccc21. The van der Waals surface area contributed by atoms with Crippen LogP contribution in [0.25, 0.3) is 0 Å². The molecule has 7 heteroatoms. The zero-order chi connectivity index (χ0) is 19.7. The van der Waals surface area contributed by atoms with E-state index in [2.05, 4.69) is 10.6 Å². The van der Waals surface area contributed by atoms with Gasteiger partial charge in [-0.3, -0.25) is 14.9 Å². The Morgan fingerprint density at radius 3 is 2.79 bits per heavy atom. The normalized spacial score (nSPS) is 20.4. The van der Waals surface area contributed by atoms with Gasteiger partial charge in [-0.15, -0.1) is 0 Å². The van der Waals surface area contributed by atoms with E-state index in [1.165, 1.54) is 0 Å². The van der Waals surface area contributed by atoms with Crippen molar-refractivity contribution in [2.75, 3.05) is 6.54 Å². The second-order valence-corrected chi connectivity index (χ2v) is 7.62. The number of benzene rings is 2. The molecule has 2 aliphatic heterocycles. The molecule has 4 N–H and O–H groups in total. The number of amides is 2. The molecule has 146 valence electrons. The molecule has 0 aliphatic carbocycles. The predicted octanol–water partition coefficient (Wildman–Crippen LogP) is 1.86. The van der Waals surface area contributed by atoms with Crippen molar-refractivity contribution in [3.8, 4) is 0 Å². The van der Waals surface area contributed by atoms with Crippen molar-refractivity contribution in [2.24, 2.45) is 5.73 Å². The van der Waals surface area contributed by atoms with Crippen LogP contribution in [0.5, 0.6) is 0 Å². The van der Waals surface area contributed by atoms with Crippen LogP contribution < -0.4 is 16.4 Å². The summed E-state index contributed by atoms with van der Waals surface area (Å²) >= 11 is 6.06. The summed E-state index contributed by atoms with van der Waals surface area (Å²) in [6.07, 6.45) is 0.672. The summed E-state index contributed by atoms with van der Waals surface area (Å²) in [5.41, 5.74) is 9.74. The number of rotatable bonds is 5. The number of likely N-dealkylation sites (tertiary alicyclic amines) is 1. The smallest absolute Gasteiger partial charge is 0.245 e. The maximum atomic E-state index is 13.0. The molecule has 2 heterocycles. The fourth-order valence-corrected chi connectivity index (χ4v) is 4.06. The number of nitrogens with one attached hydrogen (secondary N) is 2. The number of nitrogens with zero attached hydrogens (tertiary/aromatic N) is 1. The number of carbonyl (C=O) groups is 2. The van der Waals surface area contributed by atoms with Crippen LogP contribution in [0.2, 0.25) is 5.02 Å². The largest absolute Gasteiger partial charge is 0.350 e. The van der Waals surface area contributed by atoms with E-state index >= 15 is 0 Å². The lowest BCUT2D eigenvalue weighted by molar-refractivity contribution is -0.149. The van der Waals surface area contributed by atoms with Crippen LogP contribution in [-0.4, -0.2) is 29.3 Å². The number of fused-ring (bicyclic) bond motifs is 1. The number of hydrogen-bond acceptors (Lipinski definition) is 4. The van der Waals surface area contributed by atoms with Crippen molar-refractivity contribution in [1.82, 2.24) is 15.5 Å². The quantitative estimate of drug-likeness (QED) is 0.717. The standard InChI is InChI=1S/C21H23ClN4O2/c22-16-6-5-13(10-23)15(9-16)12-25-20(27)18-7-8-26(18)21(28)19-17-4-2-1-3-14(17)11-24-19/h1-6,9,18-19,24H,7-8,10-12,23H2,(H,25,27)/t18-,19?/m0/s1. The van der Waals surface area contributed by atoms with Gasteiger partial charge in [0.25, 0.3) is 0 Å². The van der Waals surface area contributed by atoms with E-state index in [1.54, 1.807) is 11.0 Å². The Morgan fingerprint density at radius 2 is 2.04 bits per heavy atom. The molecular formula is C21H23ClN4O2. The van der Waals surface area contributed by atoms with Gasteiger partial charge in [0.15, 0.2) is 0 Å². The summed E-state index contributed by atoms with van der Waals surface area (Å²) in [5.74, 6) is -0.185. The molecule has 0 saturated carbocycles. The zero-order valence-electron chi connectivity index (χ0n) is 15.5. The first kappa shape index (κ1) is 18.9. The molecule has 1 unspecified atom stereocenters. The molecule has 28 heavy (non-hydrogen) atoms. The van der Waals surface area contributed by atoms with Gasteiger partial charge in [0.2, 0.25) is 11.8 Å². The fourth-order valence-electron chi connectivity index (χ4n) is 3.87. The first-order chi connectivity index (χ1) is 13.6. The van der Waals surface area contributed by atoms with Crippen molar-refractivity contribution < 1.29 is 9.59 Å². The summed E-state index contributed by atoms with van der Waals surface area (Å²) in [7, 11) is 0. The lowest BCUT2D eigenvalue weighted by Crippen LogP contribution is -2.59. The number of halogens is 1. The Bertz CT molecular complexity index is 917. The molecule has 4 rings (SSSR count). The van der Waals surface area contributed by atoms with Crippen molar-refractivity contribution >= 4 is 23.4 Å². The van der Waals surface area contributed by atoms with E-state index in [-0.39, 0.29) is 17.9 Å². The highest BCUT2D eigenvalue weighted by Crippen LogP contribution is 2.30. The molecule has 2 aliphatic rings. The Balaban J connectivity index is 1.40. The maximum Gasteiger partial charge on any atom is 0.245 e. The third-order valence-corrected chi connectivity index (χ3v) is 5.79. The highest BCUT2D eigenvalue weighted by molar-refractivity contribution is 6.30. The van der Waals surface area contributed by atoms with Gasteiger partial charge < -0.3 is 16.0 Å². The number of nitrogens with two attached hydrogens (primary N) is 1. The van der Waals surface area contributed by atoms with Gasteiger partial charge >= 0.3 is 0 Å². The molecule has 0 radical (unpaired) electrons. The summed E-state index contributed by atoms with van der Waals surface area (Å²) < 4.78 is 0. The van der Waals surface area contributed by atoms with E-state index < -0.39 is 6.04 Å². The van der Waals surface area contributed by atoms with Crippen molar-refractivity contribution in [3.05, 3.63) is 69.7 Å². The average molecular weight is 399 g/mol. The van der Waals surface area contributed by atoms with Crippen LogP contribution in [0.1, 0.15) is 34.7 Å². The van der Waals surface area contributed by atoms with E-state index in [9.17, 15) is 9.59 Å². The van der Waals surface area contributed by atoms with Gasteiger partial charge in [0, 0.05) is 31.2 Å². The lowest BCUT2D eigenvalue weighted by atomic mass is 9.97. The minimum atomic E-state index is -0.428. The third-order valence-electron chi connectivity index (χ3n) is 5.56. The second-order valence-electron chi connectivity index (χ2n) is 7.18. The van der Waals surface area contributed by atoms with E-state index in [4.69, 9.17) is 17.3 Å². The average Bonchev–Trinajstić information content (AvgIpc) is 3.10. The predicted molar refractivity (Wildman–Crippen MR) is 107 cm³/mol. The molecule has 1 fully saturated rings. The molecule has 2 atom stereocenters. The van der Waals surface area contributed by atoms with Crippen molar-refractivity contribution in [2.45, 2.75) is 38.1 Å². The number of hydrogen-bond donors (Lipinski definition) is 3. The zero-order valence-corrected chi connectivity index (χ0v) is 16.2. The molecule has 2 aromatic rings. The third kappa shape index (κ3) is 3.51. The molecule has 0 aromatic heterocycles. The molecule has 0 spiro atoms. The Kier molecular flexibility index (Phi) is 5.35. The Morgan fingerprint density at radius 1 is 1.21 bits per heavy atom. The Labute approximate surface area is 169 Å². The second kappa shape index (κ2) is 7.91. The van der Waals surface area contributed by atoms with Crippen LogP contribution in [0.15, 0.2) is 42.5 Å². The molecule has 2 amide bonds. The summed E-state index contributed by atoms with van der Waals surface area (Å²) in [6, 6.07) is 12.6. The van der Waals surface area contributed by atoms with Gasteiger partial charge in [-0.25, -0.2) is 0 Å². The summed E-state index contributed by atoms with van der Waals surface area (Å²) in [6.45, 7) is 1.99.